The minimum absolute atomic E-state index is 0.0629. The zero-order chi connectivity index (χ0) is 12.5. The van der Waals surface area contributed by atoms with Crippen LogP contribution in [0.2, 0.25) is 5.28 Å². The summed E-state index contributed by atoms with van der Waals surface area (Å²) in [5.74, 6) is -0.510. The van der Waals surface area contributed by atoms with Gasteiger partial charge in [-0.3, -0.25) is 0 Å². The molecular formula is C9H11ClFN3O2S. The van der Waals surface area contributed by atoms with Crippen LogP contribution in [0.1, 0.15) is 12.8 Å². The highest BCUT2D eigenvalue weighted by atomic mass is 35.5. The van der Waals surface area contributed by atoms with E-state index in [1.165, 1.54) is 0 Å². The second-order valence-electron chi connectivity index (χ2n) is 3.85. The fourth-order valence-corrected chi connectivity index (χ4v) is 3.67. The number of nitrogens with one attached hydrogen (secondary N) is 1. The molecule has 1 fully saturated rings. The summed E-state index contributed by atoms with van der Waals surface area (Å²) in [5, 5.41) is 2.10. The molecule has 2 rings (SSSR count). The van der Waals surface area contributed by atoms with E-state index in [2.05, 4.69) is 15.3 Å². The second kappa shape index (κ2) is 4.73. The molecule has 8 heteroatoms. The number of aromatic nitrogens is 2. The van der Waals surface area contributed by atoms with Gasteiger partial charge in [-0.05, 0) is 24.4 Å². The first-order valence-electron chi connectivity index (χ1n) is 5.12. The van der Waals surface area contributed by atoms with E-state index in [1.807, 2.05) is 0 Å². The Labute approximate surface area is 103 Å². The summed E-state index contributed by atoms with van der Waals surface area (Å²) in [6.07, 6.45) is 2.19. The van der Waals surface area contributed by atoms with Crippen LogP contribution in [0.3, 0.4) is 0 Å². The first-order valence-corrected chi connectivity index (χ1v) is 7.22. The van der Waals surface area contributed by atoms with Crippen molar-refractivity contribution in [2.45, 2.75) is 18.1 Å². The molecule has 0 bridgehead atoms. The molecule has 0 aromatic carbocycles. The summed E-state index contributed by atoms with van der Waals surface area (Å²) in [6, 6.07) is 0. The Morgan fingerprint density at radius 1 is 1.59 bits per heavy atom. The second-order valence-corrected chi connectivity index (χ2v) is 6.59. The zero-order valence-electron chi connectivity index (χ0n) is 8.86. The van der Waals surface area contributed by atoms with Crippen molar-refractivity contribution in [3.63, 3.8) is 0 Å². The fraction of sp³-hybridized carbons (Fsp3) is 0.556. The van der Waals surface area contributed by atoms with Gasteiger partial charge in [-0.2, -0.15) is 4.98 Å². The average molecular weight is 280 g/mol. The van der Waals surface area contributed by atoms with Crippen molar-refractivity contribution in [2.24, 2.45) is 0 Å². The highest BCUT2D eigenvalue weighted by Crippen LogP contribution is 2.21. The number of nitrogens with zero attached hydrogens (tertiary/aromatic N) is 2. The number of halogens is 2. The number of anilines is 1. The molecule has 0 radical (unpaired) electrons. The molecule has 1 saturated heterocycles. The van der Waals surface area contributed by atoms with E-state index in [4.69, 9.17) is 11.6 Å². The van der Waals surface area contributed by atoms with Crippen molar-refractivity contribution in [3.8, 4) is 0 Å². The van der Waals surface area contributed by atoms with E-state index < -0.39 is 20.9 Å². The van der Waals surface area contributed by atoms with Crippen molar-refractivity contribution in [2.75, 3.05) is 17.6 Å². The maximum Gasteiger partial charge on any atom is 0.224 e. The van der Waals surface area contributed by atoms with Gasteiger partial charge in [0, 0.05) is 6.54 Å². The Kier molecular flexibility index (Phi) is 3.48. The van der Waals surface area contributed by atoms with E-state index in [1.54, 1.807) is 0 Å². The van der Waals surface area contributed by atoms with Gasteiger partial charge >= 0.3 is 0 Å². The Morgan fingerprint density at radius 2 is 2.35 bits per heavy atom. The molecular weight excluding hydrogens is 269 g/mol. The lowest BCUT2D eigenvalue weighted by Crippen LogP contribution is -2.25. The van der Waals surface area contributed by atoms with Gasteiger partial charge in [0.05, 0.1) is 17.2 Å². The summed E-state index contributed by atoms with van der Waals surface area (Å²) in [5.41, 5.74) is 0. The van der Waals surface area contributed by atoms with Crippen molar-refractivity contribution < 1.29 is 12.8 Å². The van der Waals surface area contributed by atoms with Crippen molar-refractivity contribution in [1.29, 1.82) is 0 Å². The molecule has 0 spiro atoms. The van der Waals surface area contributed by atoms with Gasteiger partial charge in [-0.15, -0.1) is 0 Å². The minimum Gasteiger partial charge on any atom is -0.366 e. The predicted molar refractivity (Wildman–Crippen MR) is 62.3 cm³/mol. The number of hydrogen-bond donors (Lipinski definition) is 1. The summed E-state index contributed by atoms with van der Waals surface area (Å²) >= 11 is 5.52. The molecule has 2 heterocycles. The van der Waals surface area contributed by atoms with Crippen LogP contribution in [-0.4, -0.2) is 35.9 Å². The van der Waals surface area contributed by atoms with Crippen LogP contribution < -0.4 is 5.32 Å². The van der Waals surface area contributed by atoms with Crippen LogP contribution in [0.15, 0.2) is 6.20 Å². The lowest BCUT2D eigenvalue weighted by Gasteiger charge is -2.11. The summed E-state index contributed by atoms with van der Waals surface area (Å²) < 4.78 is 36.3. The molecule has 1 aliphatic heterocycles. The molecule has 0 saturated carbocycles. The molecule has 1 aromatic rings. The monoisotopic (exact) mass is 279 g/mol. The molecule has 1 aliphatic rings. The number of sulfone groups is 1. The minimum atomic E-state index is -3.04. The van der Waals surface area contributed by atoms with Crippen LogP contribution in [0.5, 0.6) is 0 Å². The lowest BCUT2D eigenvalue weighted by molar-refractivity contribution is 0.589. The Balaban J connectivity index is 2.05. The lowest BCUT2D eigenvalue weighted by atomic mass is 10.2. The summed E-state index contributed by atoms with van der Waals surface area (Å²) in [7, 11) is -3.04. The maximum absolute atomic E-state index is 13.2. The fourth-order valence-electron chi connectivity index (χ4n) is 1.77. The van der Waals surface area contributed by atoms with Crippen LogP contribution in [0.4, 0.5) is 10.2 Å². The third-order valence-corrected chi connectivity index (χ3v) is 5.13. The quantitative estimate of drug-likeness (QED) is 0.844. The van der Waals surface area contributed by atoms with Gasteiger partial charge in [0.15, 0.2) is 21.5 Å². The van der Waals surface area contributed by atoms with Gasteiger partial charge in [-0.1, -0.05) is 0 Å². The van der Waals surface area contributed by atoms with Crippen LogP contribution in [-0.2, 0) is 9.84 Å². The molecule has 5 nitrogen and oxygen atoms in total. The Hall–Kier alpha value is -0.950. The Morgan fingerprint density at radius 3 is 3.00 bits per heavy atom. The van der Waals surface area contributed by atoms with Gasteiger partial charge < -0.3 is 5.32 Å². The van der Waals surface area contributed by atoms with Crippen LogP contribution in [0, 0.1) is 5.82 Å². The first-order chi connectivity index (χ1) is 7.99. The van der Waals surface area contributed by atoms with Gasteiger partial charge in [0.1, 0.15) is 0 Å². The standard InChI is InChI=1S/C9H11ClFN3O2S/c10-9-13-5-7(11)8(14-9)12-4-6-2-1-3-17(6,15)16/h5-6H,1-4H2,(H,12,13,14). The molecule has 0 amide bonds. The third kappa shape index (κ3) is 2.84. The van der Waals surface area contributed by atoms with Crippen molar-refractivity contribution >= 4 is 27.3 Å². The van der Waals surface area contributed by atoms with Crippen LogP contribution >= 0.6 is 11.6 Å². The average Bonchev–Trinajstić information content (AvgIpc) is 2.59. The number of hydrogen-bond acceptors (Lipinski definition) is 5. The topological polar surface area (TPSA) is 72.0 Å². The third-order valence-electron chi connectivity index (χ3n) is 2.67. The van der Waals surface area contributed by atoms with Gasteiger partial charge in [-0.25, -0.2) is 17.8 Å². The van der Waals surface area contributed by atoms with Gasteiger partial charge in [0.2, 0.25) is 5.28 Å². The molecule has 0 aliphatic carbocycles. The van der Waals surface area contributed by atoms with E-state index in [0.29, 0.717) is 12.8 Å². The highest BCUT2D eigenvalue weighted by molar-refractivity contribution is 7.92. The van der Waals surface area contributed by atoms with Gasteiger partial charge in [0.25, 0.3) is 0 Å². The normalized spacial score (nSPS) is 22.6. The molecule has 1 N–H and O–H groups in total. The molecule has 1 unspecified atom stereocenters. The smallest absolute Gasteiger partial charge is 0.224 e. The molecule has 1 aromatic heterocycles. The zero-order valence-corrected chi connectivity index (χ0v) is 10.4. The van der Waals surface area contributed by atoms with E-state index in [0.717, 1.165) is 6.20 Å². The molecule has 1 atom stereocenters. The predicted octanol–water partition coefficient (Wildman–Crippen LogP) is 1.26. The van der Waals surface area contributed by atoms with E-state index >= 15 is 0 Å². The summed E-state index contributed by atoms with van der Waals surface area (Å²) in [6.45, 7) is 0.145. The summed E-state index contributed by atoms with van der Waals surface area (Å²) in [4.78, 5) is 7.12. The van der Waals surface area contributed by atoms with E-state index in [-0.39, 0.29) is 23.4 Å². The number of rotatable bonds is 3. The Bertz CT molecular complexity index is 523. The first kappa shape index (κ1) is 12.5. The SMILES string of the molecule is O=S1(=O)CCCC1CNc1nc(Cl)ncc1F. The van der Waals surface area contributed by atoms with Crippen molar-refractivity contribution in [3.05, 3.63) is 17.3 Å². The highest BCUT2D eigenvalue weighted by Gasteiger charge is 2.31. The largest absolute Gasteiger partial charge is 0.366 e. The van der Waals surface area contributed by atoms with Crippen molar-refractivity contribution in [1.82, 2.24) is 9.97 Å². The van der Waals surface area contributed by atoms with E-state index in [9.17, 15) is 12.8 Å². The molecule has 17 heavy (non-hydrogen) atoms. The maximum atomic E-state index is 13.2. The van der Waals surface area contributed by atoms with Crippen LogP contribution in [0.25, 0.3) is 0 Å². The molecule has 94 valence electrons.